The standard InChI is InChI=1S/C24H16ClFO2/c25-18-7-4-10-21(15-18)28-24-13-2-1-12-23(24)17-6-3-9-20(14-17)27-22-11-5-8-19(26)16-22/h1-16H. The second-order valence-electron chi connectivity index (χ2n) is 6.14. The van der Waals surface area contributed by atoms with E-state index in [1.54, 1.807) is 24.3 Å². The Morgan fingerprint density at radius 2 is 1.29 bits per heavy atom. The number of ether oxygens (including phenoxy) is 2. The Hall–Kier alpha value is -3.30. The molecule has 138 valence electrons. The maximum atomic E-state index is 13.4. The van der Waals surface area contributed by atoms with Crippen LogP contribution in [0.15, 0.2) is 97.1 Å². The van der Waals surface area contributed by atoms with Gasteiger partial charge in [0.1, 0.15) is 28.8 Å². The highest BCUT2D eigenvalue weighted by molar-refractivity contribution is 6.30. The molecule has 0 aliphatic rings. The van der Waals surface area contributed by atoms with Gasteiger partial charge in [0.2, 0.25) is 0 Å². The van der Waals surface area contributed by atoms with E-state index in [0.29, 0.717) is 28.0 Å². The zero-order valence-corrected chi connectivity index (χ0v) is 15.6. The van der Waals surface area contributed by atoms with Crippen molar-refractivity contribution in [3.8, 4) is 34.1 Å². The van der Waals surface area contributed by atoms with Gasteiger partial charge in [0.05, 0.1) is 0 Å². The van der Waals surface area contributed by atoms with Gasteiger partial charge in [-0.3, -0.25) is 0 Å². The molecule has 0 spiro atoms. The molecule has 0 radical (unpaired) electrons. The smallest absolute Gasteiger partial charge is 0.135 e. The Bertz CT molecular complexity index is 1110. The number of halogens is 2. The van der Waals surface area contributed by atoms with Crippen LogP contribution in [0.3, 0.4) is 0 Å². The summed E-state index contributed by atoms with van der Waals surface area (Å²) in [6.45, 7) is 0. The molecule has 2 nitrogen and oxygen atoms in total. The Morgan fingerprint density at radius 1 is 0.607 bits per heavy atom. The molecular formula is C24H16ClFO2. The molecule has 4 heteroatoms. The first-order chi connectivity index (χ1) is 13.7. The summed E-state index contributed by atoms with van der Waals surface area (Å²) < 4.78 is 25.2. The third-order valence-electron chi connectivity index (χ3n) is 4.09. The van der Waals surface area contributed by atoms with E-state index < -0.39 is 0 Å². The third-order valence-corrected chi connectivity index (χ3v) is 4.32. The van der Waals surface area contributed by atoms with Crippen molar-refractivity contribution < 1.29 is 13.9 Å². The highest BCUT2D eigenvalue weighted by atomic mass is 35.5. The van der Waals surface area contributed by atoms with Crippen LogP contribution < -0.4 is 9.47 Å². The van der Waals surface area contributed by atoms with Crippen molar-refractivity contribution in [1.29, 1.82) is 0 Å². The van der Waals surface area contributed by atoms with E-state index in [1.807, 2.05) is 60.7 Å². The normalized spacial score (nSPS) is 10.5. The summed E-state index contributed by atoms with van der Waals surface area (Å²) in [6.07, 6.45) is 0. The molecule has 0 unspecified atom stereocenters. The minimum atomic E-state index is -0.339. The van der Waals surface area contributed by atoms with Crippen molar-refractivity contribution in [1.82, 2.24) is 0 Å². The predicted molar refractivity (Wildman–Crippen MR) is 110 cm³/mol. The molecule has 28 heavy (non-hydrogen) atoms. The highest BCUT2D eigenvalue weighted by Crippen LogP contribution is 2.36. The lowest BCUT2D eigenvalue weighted by Crippen LogP contribution is -1.89. The molecule has 0 N–H and O–H groups in total. The van der Waals surface area contributed by atoms with E-state index in [1.165, 1.54) is 12.1 Å². The topological polar surface area (TPSA) is 18.5 Å². The quantitative estimate of drug-likeness (QED) is 0.347. The molecule has 4 aromatic rings. The average molecular weight is 391 g/mol. The summed E-state index contributed by atoms with van der Waals surface area (Å²) in [5.41, 5.74) is 1.83. The number of rotatable bonds is 5. The van der Waals surface area contributed by atoms with Crippen molar-refractivity contribution in [3.63, 3.8) is 0 Å². The fraction of sp³-hybridized carbons (Fsp3) is 0. The Morgan fingerprint density at radius 3 is 2.07 bits per heavy atom. The van der Waals surface area contributed by atoms with E-state index in [4.69, 9.17) is 21.1 Å². The van der Waals surface area contributed by atoms with Crippen LogP contribution in [0, 0.1) is 5.82 Å². The highest BCUT2D eigenvalue weighted by Gasteiger charge is 2.09. The average Bonchev–Trinajstić information content (AvgIpc) is 2.69. The van der Waals surface area contributed by atoms with E-state index in [0.717, 1.165) is 11.1 Å². The predicted octanol–water partition coefficient (Wildman–Crippen LogP) is 7.73. The van der Waals surface area contributed by atoms with Crippen LogP contribution in [-0.2, 0) is 0 Å². The monoisotopic (exact) mass is 390 g/mol. The molecule has 0 saturated heterocycles. The summed E-state index contributed by atoms with van der Waals surface area (Å²) in [6, 6.07) is 28.6. The number of para-hydroxylation sites is 1. The molecule has 0 aliphatic carbocycles. The molecule has 0 amide bonds. The Kier molecular flexibility index (Phi) is 5.27. The summed E-state index contributed by atoms with van der Waals surface area (Å²) in [5.74, 6) is 2.08. The molecule has 4 rings (SSSR count). The third kappa shape index (κ3) is 4.33. The number of benzene rings is 4. The van der Waals surface area contributed by atoms with E-state index in [2.05, 4.69) is 0 Å². The number of hydrogen-bond donors (Lipinski definition) is 0. The Labute approximate surface area is 167 Å². The first-order valence-electron chi connectivity index (χ1n) is 8.74. The van der Waals surface area contributed by atoms with E-state index in [-0.39, 0.29) is 5.82 Å². The fourth-order valence-corrected chi connectivity index (χ4v) is 3.03. The van der Waals surface area contributed by atoms with Gasteiger partial charge < -0.3 is 9.47 Å². The first kappa shape index (κ1) is 18.1. The first-order valence-corrected chi connectivity index (χ1v) is 9.11. The zero-order valence-electron chi connectivity index (χ0n) is 14.8. The van der Waals surface area contributed by atoms with Crippen LogP contribution in [0.25, 0.3) is 11.1 Å². The van der Waals surface area contributed by atoms with E-state index >= 15 is 0 Å². The van der Waals surface area contributed by atoms with Crippen LogP contribution in [0.4, 0.5) is 4.39 Å². The van der Waals surface area contributed by atoms with E-state index in [9.17, 15) is 4.39 Å². The SMILES string of the molecule is Fc1cccc(Oc2cccc(-c3ccccc3Oc3cccc(Cl)c3)c2)c1. The molecule has 0 heterocycles. The van der Waals surface area contributed by atoms with Crippen molar-refractivity contribution in [3.05, 3.63) is 108 Å². The molecule has 0 aromatic heterocycles. The lowest BCUT2D eigenvalue weighted by atomic mass is 10.0. The van der Waals surface area contributed by atoms with Gasteiger partial charge in [-0.15, -0.1) is 0 Å². The molecule has 0 atom stereocenters. The zero-order chi connectivity index (χ0) is 19.3. The summed E-state index contributed by atoms with van der Waals surface area (Å²) in [7, 11) is 0. The largest absolute Gasteiger partial charge is 0.457 e. The summed E-state index contributed by atoms with van der Waals surface area (Å²) in [4.78, 5) is 0. The summed E-state index contributed by atoms with van der Waals surface area (Å²) in [5, 5.41) is 0.612. The van der Waals surface area contributed by atoms with Crippen LogP contribution in [-0.4, -0.2) is 0 Å². The lowest BCUT2D eigenvalue weighted by Gasteiger charge is -2.13. The maximum Gasteiger partial charge on any atom is 0.135 e. The molecule has 4 aromatic carbocycles. The van der Waals surface area contributed by atoms with Gasteiger partial charge in [-0.2, -0.15) is 0 Å². The molecular weight excluding hydrogens is 375 g/mol. The second-order valence-corrected chi connectivity index (χ2v) is 6.58. The van der Waals surface area contributed by atoms with Gasteiger partial charge >= 0.3 is 0 Å². The molecule has 0 aliphatic heterocycles. The molecule has 0 fully saturated rings. The Balaban J connectivity index is 1.64. The van der Waals surface area contributed by atoms with Gasteiger partial charge in [0, 0.05) is 16.7 Å². The lowest BCUT2D eigenvalue weighted by molar-refractivity contribution is 0.476. The number of hydrogen-bond acceptors (Lipinski definition) is 2. The van der Waals surface area contributed by atoms with Crippen LogP contribution in [0.1, 0.15) is 0 Å². The van der Waals surface area contributed by atoms with Gasteiger partial charge in [-0.1, -0.05) is 54.1 Å². The van der Waals surface area contributed by atoms with Crippen LogP contribution in [0.2, 0.25) is 5.02 Å². The second kappa shape index (κ2) is 8.15. The minimum absolute atomic E-state index is 0.339. The fourth-order valence-electron chi connectivity index (χ4n) is 2.85. The van der Waals surface area contributed by atoms with Crippen molar-refractivity contribution >= 4 is 11.6 Å². The van der Waals surface area contributed by atoms with Gasteiger partial charge in [0.25, 0.3) is 0 Å². The van der Waals surface area contributed by atoms with Gasteiger partial charge in [0.15, 0.2) is 0 Å². The van der Waals surface area contributed by atoms with Gasteiger partial charge in [-0.25, -0.2) is 4.39 Å². The van der Waals surface area contributed by atoms with Crippen molar-refractivity contribution in [2.75, 3.05) is 0 Å². The molecule has 0 saturated carbocycles. The van der Waals surface area contributed by atoms with Crippen LogP contribution >= 0.6 is 11.6 Å². The maximum absolute atomic E-state index is 13.4. The van der Waals surface area contributed by atoms with Crippen molar-refractivity contribution in [2.45, 2.75) is 0 Å². The van der Waals surface area contributed by atoms with Gasteiger partial charge in [-0.05, 0) is 54.1 Å². The molecule has 0 bridgehead atoms. The minimum Gasteiger partial charge on any atom is -0.457 e. The van der Waals surface area contributed by atoms with Crippen molar-refractivity contribution in [2.24, 2.45) is 0 Å². The van der Waals surface area contributed by atoms with Crippen LogP contribution in [0.5, 0.6) is 23.0 Å². The summed E-state index contributed by atoms with van der Waals surface area (Å²) >= 11 is 6.05.